The third-order valence-electron chi connectivity index (χ3n) is 4.45. The summed E-state index contributed by atoms with van der Waals surface area (Å²) < 4.78 is 30.2. The molecule has 0 unspecified atom stereocenters. The Balaban J connectivity index is 1.57. The van der Waals surface area contributed by atoms with Crippen LogP contribution in [0.3, 0.4) is 0 Å². The maximum Gasteiger partial charge on any atom is 0.272 e. The Morgan fingerprint density at radius 3 is 2.59 bits per heavy atom. The predicted octanol–water partition coefficient (Wildman–Crippen LogP) is 2.92. The Bertz CT molecular complexity index is 960. The summed E-state index contributed by atoms with van der Waals surface area (Å²) in [7, 11) is -3.84. The zero-order chi connectivity index (χ0) is 19.4. The van der Waals surface area contributed by atoms with E-state index in [2.05, 4.69) is 10.3 Å². The number of sulfonamides is 1. The molecule has 2 N–H and O–H groups in total. The number of hydrogen-bond acceptors (Lipinski definition) is 4. The van der Waals surface area contributed by atoms with Crippen LogP contribution in [0.1, 0.15) is 29.5 Å². The first-order valence-corrected chi connectivity index (χ1v) is 10.5. The highest BCUT2D eigenvalue weighted by Gasteiger charge is 2.18. The van der Waals surface area contributed by atoms with Gasteiger partial charge in [-0.1, -0.05) is 17.7 Å². The van der Waals surface area contributed by atoms with Gasteiger partial charge < -0.3 is 4.74 Å². The van der Waals surface area contributed by atoms with Gasteiger partial charge in [0.25, 0.3) is 15.9 Å². The largest absolute Gasteiger partial charge is 0.483 e. The van der Waals surface area contributed by atoms with E-state index in [1.807, 2.05) is 6.07 Å². The minimum atomic E-state index is -3.84. The molecule has 27 heavy (non-hydrogen) atoms. The lowest BCUT2D eigenvalue weighted by Gasteiger charge is -2.17. The van der Waals surface area contributed by atoms with Gasteiger partial charge in [0.15, 0.2) is 6.61 Å². The average molecular weight is 409 g/mol. The van der Waals surface area contributed by atoms with E-state index in [4.69, 9.17) is 16.3 Å². The van der Waals surface area contributed by atoms with Crippen LogP contribution in [0.25, 0.3) is 0 Å². The molecule has 3 rings (SSSR count). The van der Waals surface area contributed by atoms with E-state index in [0.29, 0.717) is 10.8 Å². The standard InChI is InChI=1S/C19H21ClN2O4S/c1-13-10-16(20)7-9-18(13)26-12-19(23)21-22-27(24,25)17-8-6-14-4-2-3-5-15(14)11-17/h6-11,22H,2-5,12H2,1H3,(H,21,23). The van der Waals surface area contributed by atoms with Gasteiger partial charge in [-0.25, -0.2) is 8.42 Å². The Morgan fingerprint density at radius 1 is 1.11 bits per heavy atom. The van der Waals surface area contributed by atoms with Crippen molar-refractivity contribution in [3.63, 3.8) is 0 Å². The van der Waals surface area contributed by atoms with E-state index in [1.165, 1.54) is 5.56 Å². The van der Waals surface area contributed by atoms with Crippen molar-refractivity contribution < 1.29 is 17.9 Å². The van der Waals surface area contributed by atoms with E-state index in [-0.39, 0.29) is 11.5 Å². The number of carbonyl (C=O) groups excluding carboxylic acids is 1. The maximum absolute atomic E-state index is 12.4. The molecule has 1 amide bonds. The molecule has 2 aromatic carbocycles. The number of hydrazine groups is 1. The molecular weight excluding hydrogens is 388 g/mol. The van der Waals surface area contributed by atoms with E-state index < -0.39 is 15.9 Å². The number of ether oxygens (including phenoxy) is 1. The molecule has 1 aliphatic carbocycles. The number of hydrogen-bond donors (Lipinski definition) is 2. The maximum atomic E-state index is 12.4. The number of rotatable bonds is 6. The summed E-state index contributed by atoms with van der Waals surface area (Å²) in [6.07, 6.45) is 4.03. The fraction of sp³-hybridized carbons (Fsp3) is 0.316. The van der Waals surface area contributed by atoms with Gasteiger partial charge in [-0.3, -0.25) is 10.2 Å². The van der Waals surface area contributed by atoms with E-state index in [1.54, 1.807) is 37.3 Å². The number of amides is 1. The second-order valence-electron chi connectivity index (χ2n) is 6.49. The Morgan fingerprint density at radius 2 is 1.85 bits per heavy atom. The summed E-state index contributed by atoms with van der Waals surface area (Å²) in [5.41, 5.74) is 5.20. The summed E-state index contributed by atoms with van der Waals surface area (Å²) in [6, 6.07) is 10.1. The van der Waals surface area contributed by atoms with Crippen molar-refractivity contribution in [1.82, 2.24) is 10.3 Å². The van der Waals surface area contributed by atoms with Crippen molar-refractivity contribution in [2.24, 2.45) is 0 Å². The molecule has 0 radical (unpaired) electrons. The van der Waals surface area contributed by atoms with Crippen molar-refractivity contribution in [2.45, 2.75) is 37.5 Å². The topological polar surface area (TPSA) is 84.5 Å². The molecule has 0 fully saturated rings. The Labute approximate surface area is 163 Å². The third kappa shape index (κ3) is 5.00. The first kappa shape index (κ1) is 19.7. The summed E-state index contributed by atoms with van der Waals surface area (Å²) in [5.74, 6) is -0.0991. The number of benzene rings is 2. The summed E-state index contributed by atoms with van der Waals surface area (Å²) >= 11 is 5.87. The fourth-order valence-corrected chi connectivity index (χ4v) is 4.15. The summed E-state index contributed by atoms with van der Waals surface area (Å²) in [4.78, 5) is 14.2. The smallest absolute Gasteiger partial charge is 0.272 e. The molecule has 2 aromatic rings. The van der Waals surface area contributed by atoms with Crippen LogP contribution in [0, 0.1) is 6.92 Å². The molecule has 0 bridgehead atoms. The van der Waals surface area contributed by atoms with Crippen LogP contribution in [-0.2, 0) is 27.7 Å². The molecule has 144 valence electrons. The van der Waals surface area contributed by atoms with Gasteiger partial charge in [0, 0.05) is 5.02 Å². The van der Waals surface area contributed by atoms with E-state index in [0.717, 1.165) is 36.8 Å². The minimum Gasteiger partial charge on any atom is -0.483 e. The fourth-order valence-electron chi connectivity index (χ4n) is 3.01. The molecule has 0 atom stereocenters. The van der Waals surface area contributed by atoms with E-state index in [9.17, 15) is 13.2 Å². The van der Waals surface area contributed by atoms with Gasteiger partial charge in [0.2, 0.25) is 0 Å². The molecule has 0 saturated heterocycles. The van der Waals surface area contributed by atoms with Crippen molar-refractivity contribution in [3.8, 4) is 5.75 Å². The van der Waals surface area contributed by atoms with Crippen LogP contribution in [0.15, 0.2) is 41.3 Å². The molecule has 0 heterocycles. The van der Waals surface area contributed by atoms with Gasteiger partial charge >= 0.3 is 0 Å². The zero-order valence-electron chi connectivity index (χ0n) is 14.9. The number of fused-ring (bicyclic) bond motifs is 1. The quantitative estimate of drug-likeness (QED) is 0.720. The molecule has 6 nitrogen and oxygen atoms in total. The molecule has 0 aliphatic heterocycles. The lowest BCUT2D eigenvalue weighted by Crippen LogP contribution is -2.43. The highest BCUT2D eigenvalue weighted by Crippen LogP contribution is 2.24. The number of carbonyl (C=O) groups is 1. The van der Waals surface area contributed by atoms with Crippen LogP contribution in [0.2, 0.25) is 5.02 Å². The van der Waals surface area contributed by atoms with Crippen molar-refractivity contribution in [3.05, 3.63) is 58.1 Å². The Kier molecular flexibility index (Phi) is 6.04. The predicted molar refractivity (Wildman–Crippen MR) is 103 cm³/mol. The minimum absolute atomic E-state index is 0.137. The highest BCUT2D eigenvalue weighted by molar-refractivity contribution is 7.89. The molecule has 0 aromatic heterocycles. The zero-order valence-corrected chi connectivity index (χ0v) is 16.5. The van der Waals surface area contributed by atoms with Crippen LogP contribution in [0.4, 0.5) is 0 Å². The van der Waals surface area contributed by atoms with Crippen LogP contribution >= 0.6 is 11.6 Å². The van der Waals surface area contributed by atoms with Crippen molar-refractivity contribution >= 4 is 27.5 Å². The monoisotopic (exact) mass is 408 g/mol. The molecule has 8 heteroatoms. The van der Waals surface area contributed by atoms with Crippen LogP contribution < -0.4 is 15.0 Å². The molecule has 0 saturated carbocycles. The lowest BCUT2D eigenvalue weighted by atomic mass is 9.92. The van der Waals surface area contributed by atoms with Crippen LogP contribution in [-0.4, -0.2) is 20.9 Å². The number of halogens is 1. The second kappa shape index (κ2) is 8.29. The van der Waals surface area contributed by atoms with Gasteiger partial charge in [0.1, 0.15) is 5.75 Å². The van der Waals surface area contributed by atoms with Crippen LogP contribution in [0.5, 0.6) is 5.75 Å². The molecular formula is C19H21ClN2O4S. The van der Waals surface area contributed by atoms with Crippen molar-refractivity contribution in [1.29, 1.82) is 0 Å². The number of aryl methyl sites for hydroxylation is 3. The highest BCUT2D eigenvalue weighted by atomic mass is 35.5. The van der Waals surface area contributed by atoms with Gasteiger partial charge in [-0.2, -0.15) is 0 Å². The SMILES string of the molecule is Cc1cc(Cl)ccc1OCC(=O)NNS(=O)(=O)c1ccc2c(c1)CCCC2. The van der Waals surface area contributed by atoms with Gasteiger partial charge in [-0.05, 0) is 79.6 Å². The van der Waals surface area contributed by atoms with E-state index >= 15 is 0 Å². The normalized spacial score (nSPS) is 13.7. The third-order valence-corrected chi connectivity index (χ3v) is 5.93. The Hall–Kier alpha value is -2.09. The first-order valence-electron chi connectivity index (χ1n) is 8.66. The van der Waals surface area contributed by atoms with Gasteiger partial charge in [0.05, 0.1) is 4.90 Å². The lowest BCUT2D eigenvalue weighted by molar-refractivity contribution is -0.123. The average Bonchev–Trinajstić information content (AvgIpc) is 2.65. The molecule has 0 spiro atoms. The summed E-state index contributed by atoms with van der Waals surface area (Å²) in [6.45, 7) is 1.48. The summed E-state index contributed by atoms with van der Waals surface area (Å²) in [5, 5.41) is 0.571. The second-order valence-corrected chi connectivity index (χ2v) is 8.61. The first-order chi connectivity index (χ1) is 12.8. The number of nitrogens with one attached hydrogen (secondary N) is 2. The van der Waals surface area contributed by atoms with Gasteiger partial charge in [-0.15, -0.1) is 4.83 Å². The molecule has 1 aliphatic rings. The van der Waals surface area contributed by atoms with Crippen molar-refractivity contribution in [2.75, 3.05) is 6.61 Å².